The topological polar surface area (TPSA) is 58.6 Å². The first-order valence-corrected chi connectivity index (χ1v) is 13.9. The number of anilines is 1. The zero-order valence-corrected chi connectivity index (χ0v) is 22.3. The predicted octanol–water partition coefficient (Wildman–Crippen LogP) is 7.62. The van der Waals surface area contributed by atoms with Gasteiger partial charge in [0.05, 0.1) is 10.9 Å². The molecule has 1 N–H and O–H groups in total. The third kappa shape index (κ3) is 7.03. The Bertz CT molecular complexity index is 1360. The number of benzene rings is 3. The first-order valence-electron chi connectivity index (χ1n) is 11.3. The van der Waals surface area contributed by atoms with Gasteiger partial charge in [0.1, 0.15) is 5.75 Å². The lowest BCUT2D eigenvalue weighted by molar-refractivity contribution is -0.274. The molecule has 0 spiro atoms. The Morgan fingerprint density at radius 2 is 1.65 bits per heavy atom. The Morgan fingerprint density at radius 3 is 2.32 bits per heavy atom. The van der Waals surface area contributed by atoms with Gasteiger partial charge < -0.3 is 9.64 Å². The zero-order valence-electron chi connectivity index (χ0n) is 19.2. The molecule has 1 heterocycles. The fourth-order valence-electron chi connectivity index (χ4n) is 4.49. The number of rotatable bonds is 7. The van der Waals surface area contributed by atoms with Crippen molar-refractivity contribution in [3.05, 3.63) is 87.4 Å². The number of ether oxygens (including phenoxy) is 1. The van der Waals surface area contributed by atoms with E-state index in [4.69, 9.17) is 34.8 Å². The minimum absolute atomic E-state index is 0.0109. The summed E-state index contributed by atoms with van der Waals surface area (Å²) in [5.74, 6) is -0.617. The minimum atomic E-state index is -4.94. The van der Waals surface area contributed by atoms with Crippen LogP contribution in [0.5, 0.6) is 5.75 Å². The lowest BCUT2D eigenvalue weighted by Gasteiger charge is -2.44. The summed E-state index contributed by atoms with van der Waals surface area (Å²) in [5.41, 5.74) is 1.68. The Kier molecular flexibility index (Phi) is 8.50. The lowest BCUT2D eigenvalue weighted by Crippen LogP contribution is -2.48. The van der Waals surface area contributed by atoms with Crippen LogP contribution in [-0.2, 0) is 10.0 Å². The van der Waals surface area contributed by atoms with Gasteiger partial charge in [-0.15, -0.1) is 13.2 Å². The van der Waals surface area contributed by atoms with Crippen LogP contribution in [-0.4, -0.2) is 27.4 Å². The smallest absolute Gasteiger partial charge is 0.406 e. The van der Waals surface area contributed by atoms with E-state index >= 15 is 0 Å². The normalized spacial score (nSPS) is 18.6. The van der Waals surface area contributed by atoms with E-state index < -0.39 is 22.1 Å². The van der Waals surface area contributed by atoms with E-state index in [1.165, 1.54) is 12.1 Å². The van der Waals surface area contributed by atoms with Crippen LogP contribution >= 0.6 is 34.8 Å². The van der Waals surface area contributed by atoms with Crippen molar-refractivity contribution in [1.29, 1.82) is 0 Å². The Morgan fingerprint density at radius 1 is 0.946 bits per heavy atom. The maximum atomic E-state index is 13.0. The fourth-order valence-corrected chi connectivity index (χ4v) is 6.26. The molecule has 12 heteroatoms. The molecule has 0 aromatic heterocycles. The molecule has 2 atom stereocenters. The number of sulfonamides is 1. The summed E-state index contributed by atoms with van der Waals surface area (Å²) in [5, 5.41) is 1.56. The maximum absolute atomic E-state index is 13.0. The van der Waals surface area contributed by atoms with E-state index in [1.54, 1.807) is 24.3 Å². The summed E-state index contributed by atoms with van der Waals surface area (Å²) >= 11 is 18.7. The second-order valence-corrected chi connectivity index (χ2v) is 11.6. The van der Waals surface area contributed by atoms with Crippen molar-refractivity contribution in [3.8, 4) is 5.75 Å². The number of nitrogens with zero attached hydrogens (tertiary/aromatic N) is 1. The molecule has 37 heavy (non-hydrogen) atoms. The van der Waals surface area contributed by atoms with Crippen LogP contribution in [0, 0.1) is 0 Å². The second kappa shape index (κ2) is 11.3. The molecule has 1 aliphatic rings. The molecule has 3 aromatic carbocycles. The van der Waals surface area contributed by atoms with Crippen molar-refractivity contribution in [1.82, 2.24) is 4.72 Å². The van der Waals surface area contributed by atoms with Crippen LogP contribution < -0.4 is 14.4 Å². The summed E-state index contributed by atoms with van der Waals surface area (Å²) in [6.07, 6.45) is -2.70. The molecular weight excluding hydrogens is 572 g/mol. The molecule has 0 bridgehead atoms. The van der Waals surface area contributed by atoms with Gasteiger partial charge in [-0.3, -0.25) is 0 Å². The van der Waals surface area contributed by atoms with Crippen molar-refractivity contribution >= 4 is 50.5 Å². The highest BCUT2D eigenvalue weighted by molar-refractivity contribution is 7.89. The molecule has 0 aliphatic carbocycles. The van der Waals surface area contributed by atoms with Gasteiger partial charge in [0.15, 0.2) is 0 Å². The Labute approximate surface area is 228 Å². The van der Waals surface area contributed by atoms with E-state index in [0.717, 1.165) is 36.2 Å². The molecule has 198 valence electrons. The van der Waals surface area contributed by atoms with Gasteiger partial charge >= 0.3 is 6.36 Å². The van der Waals surface area contributed by atoms with Crippen LogP contribution in [0.3, 0.4) is 0 Å². The summed E-state index contributed by atoms with van der Waals surface area (Å²) in [4.78, 5) is 1.76. The molecule has 3 aromatic rings. The highest BCUT2D eigenvalue weighted by Gasteiger charge is 2.34. The third-order valence-corrected chi connectivity index (χ3v) is 8.28. The highest BCUT2D eigenvalue weighted by Crippen LogP contribution is 2.41. The lowest BCUT2D eigenvalue weighted by atomic mass is 9.90. The number of hydrogen-bond acceptors (Lipinski definition) is 4. The Hall–Kier alpha value is -2.17. The monoisotopic (exact) mass is 592 g/mol. The maximum Gasteiger partial charge on any atom is 0.573 e. The molecule has 0 amide bonds. The molecule has 5 nitrogen and oxygen atoms in total. The van der Waals surface area contributed by atoms with Crippen molar-refractivity contribution in [2.75, 3.05) is 11.4 Å². The van der Waals surface area contributed by atoms with Gasteiger partial charge in [-0.05, 0) is 73.4 Å². The molecule has 0 radical (unpaired) electrons. The van der Waals surface area contributed by atoms with Crippen molar-refractivity contribution in [2.45, 2.75) is 42.6 Å². The first kappa shape index (κ1) is 27.9. The van der Waals surface area contributed by atoms with Gasteiger partial charge in [0.2, 0.25) is 10.0 Å². The SMILES string of the molecule is O=S(=O)(NCC1CCCC(c2ccc(Cl)cc2Cl)N1c1ccc(Cl)cc1)c1cccc(OC(F)(F)F)c1. The summed E-state index contributed by atoms with van der Waals surface area (Å²) in [6.45, 7) is 0.0109. The van der Waals surface area contributed by atoms with E-state index in [1.807, 2.05) is 18.2 Å². The summed E-state index contributed by atoms with van der Waals surface area (Å²) in [6, 6.07) is 16.3. The number of nitrogens with one attached hydrogen (secondary N) is 1. The molecule has 1 aliphatic heterocycles. The molecule has 1 fully saturated rings. The summed E-state index contributed by atoms with van der Waals surface area (Å²) in [7, 11) is -4.13. The van der Waals surface area contributed by atoms with Gasteiger partial charge in [0, 0.05) is 39.4 Å². The number of halogens is 6. The fraction of sp³-hybridized carbons (Fsp3) is 0.280. The third-order valence-electron chi connectivity index (χ3n) is 6.05. The van der Waals surface area contributed by atoms with E-state index in [0.29, 0.717) is 21.5 Å². The van der Waals surface area contributed by atoms with Crippen LogP contribution in [0.4, 0.5) is 18.9 Å². The van der Waals surface area contributed by atoms with E-state index in [-0.39, 0.29) is 23.5 Å². The van der Waals surface area contributed by atoms with Crippen LogP contribution in [0.15, 0.2) is 71.6 Å². The Balaban J connectivity index is 1.61. The molecular formula is C25H22Cl3F3N2O3S. The molecule has 4 rings (SSSR count). The van der Waals surface area contributed by atoms with Crippen LogP contribution in [0.1, 0.15) is 30.9 Å². The van der Waals surface area contributed by atoms with Crippen molar-refractivity contribution in [3.63, 3.8) is 0 Å². The molecule has 2 unspecified atom stereocenters. The molecule has 0 saturated carbocycles. The largest absolute Gasteiger partial charge is 0.573 e. The number of hydrogen-bond donors (Lipinski definition) is 1. The number of alkyl halides is 3. The van der Waals surface area contributed by atoms with Crippen LogP contribution in [0.25, 0.3) is 0 Å². The van der Waals surface area contributed by atoms with Gasteiger partial charge in [0.25, 0.3) is 0 Å². The molecule has 1 saturated heterocycles. The van der Waals surface area contributed by atoms with E-state index in [2.05, 4.69) is 14.4 Å². The summed E-state index contributed by atoms with van der Waals surface area (Å²) < 4.78 is 70.2. The van der Waals surface area contributed by atoms with Gasteiger partial charge in [-0.2, -0.15) is 0 Å². The average molecular weight is 594 g/mol. The average Bonchev–Trinajstić information content (AvgIpc) is 2.82. The van der Waals surface area contributed by atoms with Gasteiger partial charge in [-0.1, -0.05) is 46.9 Å². The standard InChI is InChI=1S/C25H22Cl3F3N2O3S/c26-16-7-10-18(11-8-16)33-19(3-1-6-24(33)22-12-9-17(27)13-23(22)28)15-32-37(34,35)21-5-2-4-20(14-21)36-25(29,30)31/h2,4-5,7-14,19,24,32H,1,3,6,15H2. The first-order chi connectivity index (χ1) is 17.4. The quantitative estimate of drug-likeness (QED) is 0.306. The second-order valence-electron chi connectivity index (χ2n) is 8.52. The van der Waals surface area contributed by atoms with Crippen molar-refractivity contribution < 1.29 is 26.3 Å². The van der Waals surface area contributed by atoms with Crippen LogP contribution in [0.2, 0.25) is 15.1 Å². The minimum Gasteiger partial charge on any atom is -0.406 e. The predicted molar refractivity (Wildman–Crippen MR) is 139 cm³/mol. The highest BCUT2D eigenvalue weighted by atomic mass is 35.5. The van der Waals surface area contributed by atoms with Gasteiger partial charge in [-0.25, -0.2) is 13.1 Å². The van der Waals surface area contributed by atoms with Crippen molar-refractivity contribution in [2.24, 2.45) is 0 Å². The zero-order chi connectivity index (χ0) is 26.8. The number of piperidine rings is 1. The van der Waals surface area contributed by atoms with E-state index in [9.17, 15) is 21.6 Å².